The van der Waals surface area contributed by atoms with E-state index in [0.29, 0.717) is 17.3 Å². The number of nitrogens with zero attached hydrogens (tertiary/aromatic N) is 2. The summed E-state index contributed by atoms with van der Waals surface area (Å²) in [5.41, 5.74) is 0.906. The Morgan fingerprint density at radius 3 is 2.76 bits per heavy atom. The molecule has 6 heteroatoms. The molecule has 21 heavy (non-hydrogen) atoms. The van der Waals surface area contributed by atoms with Crippen LogP contribution < -0.4 is 4.74 Å². The van der Waals surface area contributed by atoms with E-state index in [4.69, 9.17) is 4.74 Å². The SMILES string of the molecule is COc1cccc(CC(C(=O)O)c2nc(C(C)C)ns2)c1. The van der Waals surface area contributed by atoms with Crippen molar-refractivity contribution in [2.75, 3.05) is 7.11 Å². The van der Waals surface area contributed by atoms with Crippen molar-refractivity contribution in [2.24, 2.45) is 0 Å². The van der Waals surface area contributed by atoms with Gasteiger partial charge in [0.1, 0.15) is 22.5 Å². The molecule has 1 aromatic carbocycles. The Bertz CT molecular complexity index is 625. The zero-order valence-electron chi connectivity index (χ0n) is 12.2. The highest BCUT2D eigenvalue weighted by molar-refractivity contribution is 7.05. The predicted octanol–water partition coefficient (Wildman–Crippen LogP) is 3.08. The zero-order chi connectivity index (χ0) is 15.4. The fourth-order valence-electron chi connectivity index (χ4n) is 1.94. The first-order chi connectivity index (χ1) is 10.0. The average Bonchev–Trinajstić information content (AvgIpc) is 2.94. The molecule has 0 spiro atoms. The number of aromatic nitrogens is 2. The number of carboxylic acids is 1. The van der Waals surface area contributed by atoms with E-state index in [1.54, 1.807) is 7.11 Å². The largest absolute Gasteiger partial charge is 0.497 e. The maximum atomic E-state index is 11.5. The van der Waals surface area contributed by atoms with Crippen molar-refractivity contribution in [2.45, 2.75) is 32.1 Å². The molecule has 1 N–H and O–H groups in total. The molecule has 0 aliphatic carbocycles. The lowest BCUT2D eigenvalue weighted by Gasteiger charge is -2.10. The monoisotopic (exact) mass is 306 g/mol. The highest BCUT2D eigenvalue weighted by atomic mass is 32.1. The van der Waals surface area contributed by atoms with E-state index in [0.717, 1.165) is 11.3 Å². The summed E-state index contributed by atoms with van der Waals surface area (Å²) in [5.74, 6) is 0.0521. The number of hydrogen-bond acceptors (Lipinski definition) is 5. The van der Waals surface area contributed by atoms with Crippen molar-refractivity contribution in [3.05, 3.63) is 40.7 Å². The molecule has 1 unspecified atom stereocenters. The summed E-state index contributed by atoms with van der Waals surface area (Å²) >= 11 is 1.17. The summed E-state index contributed by atoms with van der Waals surface area (Å²) in [6.45, 7) is 3.98. The molecule has 0 bridgehead atoms. The van der Waals surface area contributed by atoms with Gasteiger partial charge in [0.05, 0.1) is 7.11 Å². The number of aliphatic carboxylic acids is 1. The Kier molecular flexibility index (Phi) is 4.90. The third-order valence-corrected chi connectivity index (χ3v) is 3.99. The fourth-order valence-corrected chi connectivity index (χ4v) is 2.82. The Labute approximate surface area is 127 Å². The molecule has 0 saturated carbocycles. The molecule has 0 aliphatic rings. The van der Waals surface area contributed by atoms with Crippen LogP contribution in [0.5, 0.6) is 5.75 Å². The van der Waals surface area contributed by atoms with Gasteiger partial charge in [0, 0.05) is 5.92 Å². The molecular formula is C15H18N2O3S. The third kappa shape index (κ3) is 3.78. The van der Waals surface area contributed by atoms with Crippen LogP contribution in [0.25, 0.3) is 0 Å². The lowest BCUT2D eigenvalue weighted by molar-refractivity contribution is -0.138. The predicted molar refractivity (Wildman–Crippen MR) is 81.1 cm³/mol. The van der Waals surface area contributed by atoms with Crippen LogP contribution in [0, 0.1) is 0 Å². The van der Waals surface area contributed by atoms with Gasteiger partial charge in [-0.15, -0.1) is 0 Å². The van der Waals surface area contributed by atoms with E-state index in [1.807, 2.05) is 38.1 Å². The number of hydrogen-bond donors (Lipinski definition) is 1. The first-order valence-electron chi connectivity index (χ1n) is 6.70. The Morgan fingerprint density at radius 2 is 2.19 bits per heavy atom. The molecule has 5 nitrogen and oxygen atoms in total. The van der Waals surface area contributed by atoms with Gasteiger partial charge in [-0.3, -0.25) is 4.79 Å². The number of methoxy groups -OCH3 is 1. The second-order valence-corrected chi connectivity index (χ2v) is 5.88. The van der Waals surface area contributed by atoms with E-state index < -0.39 is 11.9 Å². The lowest BCUT2D eigenvalue weighted by Crippen LogP contribution is -2.14. The number of carbonyl (C=O) groups is 1. The van der Waals surface area contributed by atoms with Crippen molar-refractivity contribution >= 4 is 17.5 Å². The molecule has 2 rings (SSSR count). The Balaban J connectivity index is 2.24. The van der Waals surface area contributed by atoms with Crippen LogP contribution in [-0.2, 0) is 11.2 Å². The van der Waals surface area contributed by atoms with E-state index in [-0.39, 0.29) is 5.92 Å². The quantitative estimate of drug-likeness (QED) is 0.888. The molecule has 0 radical (unpaired) electrons. The fraction of sp³-hybridized carbons (Fsp3) is 0.400. The maximum absolute atomic E-state index is 11.5. The Hall–Kier alpha value is -1.95. The standard InChI is InChI=1S/C15H18N2O3S/c1-9(2)13-16-14(21-17-13)12(15(18)19)8-10-5-4-6-11(7-10)20-3/h4-7,9,12H,8H2,1-3H3,(H,18,19). The molecule has 2 aromatic rings. The molecule has 0 aliphatic heterocycles. The number of carboxylic acid groups (broad SMARTS) is 1. The minimum atomic E-state index is -0.885. The summed E-state index contributed by atoms with van der Waals surface area (Å²) in [6, 6.07) is 7.43. The van der Waals surface area contributed by atoms with Crippen LogP contribution >= 0.6 is 11.5 Å². The molecule has 0 saturated heterocycles. The third-order valence-electron chi connectivity index (χ3n) is 3.14. The molecule has 112 valence electrons. The van der Waals surface area contributed by atoms with E-state index in [9.17, 15) is 9.90 Å². The van der Waals surface area contributed by atoms with Crippen LogP contribution in [0.15, 0.2) is 24.3 Å². The molecule has 1 aromatic heterocycles. The van der Waals surface area contributed by atoms with E-state index >= 15 is 0 Å². The van der Waals surface area contributed by atoms with Gasteiger partial charge in [-0.2, -0.15) is 4.37 Å². The molecule has 1 heterocycles. The maximum Gasteiger partial charge on any atom is 0.313 e. The van der Waals surface area contributed by atoms with Gasteiger partial charge >= 0.3 is 5.97 Å². The lowest BCUT2D eigenvalue weighted by atomic mass is 10.00. The average molecular weight is 306 g/mol. The van der Waals surface area contributed by atoms with Gasteiger partial charge in [0.25, 0.3) is 0 Å². The van der Waals surface area contributed by atoms with Gasteiger partial charge in [0.15, 0.2) is 0 Å². The van der Waals surface area contributed by atoms with Crippen LogP contribution in [0.3, 0.4) is 0 Å². The number of rotatable bonds is 6. The normalized spacial score (nSPS) is 12.4. The Morgan fingerprint density at radius 1 is 1.43 bits per heavy atom. The highest BCUT2D eigenvalue weighted by Crippen LogP contribution is 2.26. The van der Waals surface area contributed by atoms with Crippen LogP contribution in [0.1, 0.15) is 42.1 Å². The van der Waals surface area contributed by atoms with Crippen molar-refractivity contribution in [3.8, 4) is 5.75 Å². The topological polar surface area (TPSA) is 72.3 Å². The van der Waals surface area contributed by atoms with Gasteiger partial charge in [-0.05, 0) is 35.6 Å². The first-order valence-corrected chi connectivity index (χ1v) is 7.47. The second-order valence-electron chi connectivity index (χ2n) is 5.09. The summed E-state index contributed by atoms with van der Waals surface area (Å²) in [5, 5.41) is 10.0. The van der Waals surface area contributed by atoms with Gasteiger partial charge in [-0.1, -0.05) is 26.0 Å². The molecule has 0 amide bonds. The smallest absolute Gasteiger partial charge is 0.313 e. The van der Waals surface area contributed by atoms with Crippen molar-refractivity contribution in [3.63, 3.8) is 0 Å². The van der Waals surface area contributed by atoms with Gasteiger partial charge in [0.2, 0.25) is 0 Å². The minimum absolute atomic E-state index is 0.196. The summed E-state index contributed by atoms with van der Waals surface area (Å²) in [6.07, 6.45) is 0.374. The summed E-state index contributed by atoms with van der Waals surface area (Å²) < 4.78 is 9.40. The highest BCUT2D eigenvalue weighted by Gasteiger charge is 2.25. The number of benzene rings is 1. The van der Waals surface area contributed by atoms with Crippen molar-refractivity contribution < 1.29 is 14.6 Å². The molecule has 0 fully saturated rings. The van der Waals surface area contributed by atoms with E-state index in [2.05, 4.69) is 9.36 Å². The van der Waals surface area contributed by atoms with Crippen LogP contribution in [-0.4, -0.2) is 27.5 Å². The summed E-state index contributed by atoms with van der Waals surface area (Å²) in [4.78, 5) is 15.9. The summed E-state index contributed by atoms with van der Waals surface area (Å²) in [7, 11) is 1.59. The zero-order valence-corrected chi connectivity index (χ0v) is 13.1. The number of ether oxygens (including phenoxy) is 1. The van der Waals surface area contributed by atoms with Crippen LogP contribution in [0.4, 0.5) is 0 Å². The molecular weight excluding hydrogens is 288 g/mol. The van der Waals surface area contributed by atoms with Gasteiger partial charge < -0.3 is 9.84 Å². The van der Waals surface area contributed by atoms with Crippen LogP contribution in [0.2, 0.25) is 0 Å². The van der Waals surface area contributed by atoms with Crippen molar-refractivity contribution in [1.29, 1.82) is 0 Å². The van der Waals surface area contributed by atoms with Gasteiger partial charge in [-0.25, -0.2) is 4.98 Å². The minimum Gasteiger partial charge on any atom is -0.497 e. The second kappa shape index (κ2) is 6.67. The van der Waals surface area contributed by atoms with E-state index in [1.165, 1.54) is 11.5 Å². The first kappa shape index (κ1) is 15.4. The van der Waals surface area contributed by atoms with Crippen molar-refractivity contribution in [1.82, 2.24) is 9.36 Å². The molecule has 1 atom stereocenters.